The van der Waals surface area contributed by atoms with Crippen LogP contribution in [0.1, 0.15) is 63.4 Å². The number of nitrogens with zero attached hydrogens (tertiary/aromatic N) is 1. The first-order chi connectivity index (χ1) is 14.2. The van der Waals surface area contributed by atoms with E-state index in [4.69, 9.17) is 4.74 Å². The minimum atomic E-state index is 0.0281. The number of nitrogens with one attached hydrogen (secondary N) is 1. The normalized spacial score (nSPS) is 16.8. The third-order valence-corrected chi connectivity index (χ3v) is 5.95. The van der Waals surface area contributed by atoms with Crippen molar-refractivity contribution in [1.29, 1.82) is 0 Å². The van der Waals surface area contributed by atoms with Crippen LogP contribution in [0.4, 0.5) is 5.69 Å². The average molecular weight is 403 g/mol. The van der Waals surface area contributed by atoms with Crippen LogP contribution in [-0.2, 0) is 16.0 Å². The van der Waals surface area contributed by atoms with E-state index in [0.717, 1.165) is 42.8 Å². The van der Waals surface area contributed by atoms with Gasteiger partial charge in [0.05, 0.1) is 13.2 Å². The highest BCUT2D eigenvalue weighted by Crippen LogP contribution is 2.27. The second-order valence-corrected chi connectivity index (χ2v) is 8.24. The lowest BCUT2D eigenvalue weighted by Crippen LogP contribution is -2.38. The van der Waals surface area contributed by atoms with Crippen LogP contribution in [-0.4, -0.2) is 48.1 Å². The number of hydrogen-bond donors (Lipinski definition) is 2. The molecule has 0 aromatic heterocycles. The number of aliphatic hydroxyl groups excluding tert-OH is 1. The molecule has 0 unspecified atom stereocenters. The summed E-state index contributed by atoms with van der Waals surface area (Å²) in [5.41, 5.74) is 1.99. The largest absolute Gasteiger partial charge is 0.494 e. The van der Waals surface area contributed by atoms with E-state index in [-0.39, 0.29) is 18.4 Å². The molecule has 29 heavy (non-hydrogen) atoms. The summed E-state index contributed by atoms with van der Waals surface area (Å²) < 4.78 is 5.83. The van der Waals surface area contributed by atoms with E-state index in [1.807, 2.05) is 23.1 Å². The number of aliphatic hydroxyl groups is 1. The predicted octanol–water partition coefficient (Wildman–Crippen LogP) is 3.52. The first-order valence-electron chi connectivity index (χ1n) is 11.1. The molecule has 1 aliphatic carbocycles. The van der Waals surface area contributed by atoms with Gasteiger partial charge in [0.15, 0.2) is 0 Å². The van der Waals surface area contributed by atoms with E-state index >= 15 is 0 Å². The molecule has 1 saturated carbocycles. The Morgan fingerprint density at radius 3 is 2.79 bits per heavy atom. The summed E-state index contributed by atoms with van der Waals surface area (Å²) in [6, 6.07) is 5.76. The van der Waals surface area contributed by atoms with Crippen molar-refractivity contribution in [2.24, 2.45) is 5.92 Å². The van der Waals surface area contributed by atoms with E-state index in [1.54, 1.807) is 0 Å². The molecule has 0 atom stereocenters. The van der Waals surface area contributed by atoms with Gasteiger partial charge in [0.1, 0.15) is 5.75 Å². The average Bonchev–Trinajstić information content (AvgIpc) is 2.74. The topological polar surface area (TPSA) is 78.9 Å². The standard InChI is InChI=1S/C23H34N2O4/c26-14-13-25(17-18-6-2-1-3-7-18)23(28)8-4-5-15-29-20-10-11-21-19(16-20)9-12-22(27)24-21/h10-11,16,18,26H,1-9,12-15,17H2,(H,24,27). The number of amides is 2. The molecule has 0 spiro atoms. The Morgan fingerprint density at radius 2 is 2.00 bits per heavy atom. The number of anilines is 1. The summed E-state index contributed by atoms with van der Waals surface area (Å²) in [5.74, 6) is 1.62. The molecule has 6 heteroatoms. The van der Waals surface area contributed by atoms with Gasteiger partial charge >= 0.3 is 0 Å². The van der Waals surface area contributed by atoms with Crippen LogP contribution < -0.4 is 10.1 Å². The summed E-state index contributed by atoms with van der Waals surface area (Å²) >= 11 is 0. The predicted molar refractivity (Wildman–Crippen MR) is 113 cm³/mol. The van der Waals surface area contributed by atoms with E-state index in [0.29, 0.717) is 31.9 Å². The lowest BCUT2D eigenvalue weighted by Gasteiger charge is -2.29. The molecular formula is C23H34N2O4. The van der Waals surface area contributed by atoms with Gasteiger partial charge in [0.2, 0.25) is 11.8 Å². The molecule has 2 N–H and O–H groups in total. The summed E-state index contributed by atoms with van der Waals surface area (Å²) in [4.78, 5) is 25.8. The molecule has 0 radical (unpaired) electrons. The van der Waals surface area contributed by atoms with Crippen molar-refractivity contribution in [2.75, 3.05) is 31.6 Å². The fraction of sp³-hybridized carbons (Fsp3) is 0.652. The van der Waals surface area contributed by atoms with Gasteiger partial charge in [-0.3, -0.25) is 9.59 Å². The minimum Gasteiger partial charge on any atom is -0.494 e. The molecule has 0 bridgehead atoms. The smallest absolute Gasteiger partial charge is 0.224 e. The molecule has 0 saturated heterocycles. The summed E-state index contributed by atoms with van der Waals surface area (Å²) in [5, 5.41) is 12.2. The zero-order valence-corrected chi connectivity index (χ0v) is 17.3. The van der Waals surface area contributed by atoms with Crippen molar-refractivity contribution >= 4 is 17.5 Å². The van der Waals surface area contributed by atoms with Crippen LogP contribution in [0.2, 0.25) is 0 Å². The van der Waals surface area contributed by atoms with Crippen molar-refractivity contribution in [3.8, 4) is 5.75 Å². The van der Waals surface area contributed by atoms with Crippen LogP contribution >= 0.6 is 0 Å². The number of carbonyl (C=O) groups excluding carboxylic acids is 2. The van der Waals surface area contributed by atoms with Gasteiger partial charge in [-0.15, -0.1) is 0 Å². The van der Waals surface area contributed by atoms with Crippen molar-refractivity contribution in [3.63, 3.8) is 0 Å². The Labute approximate surface area is 173 Å². The number of aryl methyl sites for hydroxylation is 1. The van der Waals surface area contributed by atoms with Crippen molar-refractivity contribution in [3.05, 3.63) is 23.8 Å². The third-order valence-electron chi connectivity index (χ3n) is 5.95. The van der Waals surface area contributed by atoms with Gasteiger partial charge in [-0.2, -0.15) is 0 Å². The number of ether oxygens (including phenoxy) is 1. The highest BCUT2D eigenvalue weighted by Gasteiger charge is 2.20. The highest BCUT2D eigenvalue weighted by atomic mass is 16.5. The van der Waals surface area contributed by atoms with Crippen molar-refractivity contribution in [1.82, 2.24) is 4.90 Å². The molecule has 160 valence electrons. The van der Waals surface area contributed by atoms with Crippen LogP contribution in [0.5, 0.6) is 5.75 Å². The Kier molecular flexibility index (Phi) is 8.35. The van der Waals surface area contributed by atoms with Crippen LogP contribution in [0.3, 0.4) is 0 Å². The lowest BCUT2D eigenvalue weighted by molar-refractivity contribution is -0.132. The Morgan fingerprint density at radius 1 is 1.17 bits per heavy atom. The molecule has 2 amide bonds. The lowest BCUT2D eigenvalue weighted by atomic mass is 9.89. The first kappa shape index (κ1) is 21.6. The molecule has 1 fully saturated rings. The van der Waals surface area contributed by atoms with Gasteiger partial charge in [-0.1, -0.05) is 19.3 Å². The molecule has 2 aliphatic rings. The van der Waals surface area contributed by atoms with Crippen molar-refractivity contribution < 1.29 is 19.4 Å². The number of carbonyl (C=O) groups is 2. The Balaban J connectivity index is 1.36. The Hall–Kier alpha value is -2.08. The van der Waals surface area contributed by atoms with E-state index < -0.39 is 0 Å². The quantitative estimate of drug-likeness (QED) is 0.587. The number of unbranched alkanes of at least 4 members (excludes halogenated alkanes) is 1. The zero-order chi connectivity index (χ0) is 20.5. The van der Waals surface area contributed by atoms with Crippen LogP contribution in [0, 0.1) is 5.92 Å². The molecule has 3 rings (SSSR count). The fourth-order valence-electron chi connectivity index (χ4n) is 4.30. The van der Waals surface area contributed by atoms with Gasteiger partial charge in [-0.05, 0) is 61.8 Å². The van der Waals surface area contributed by atoms with E-state index in [1.165, 1.54) is 32.1 Å². The zero-order valence-electron chi connectivity index (χ0n) is 17.3. The fourth-order valence-corrected chi connectivity index (χ4v) is 4.30. The van der Waals surface area contributed by atoms with Crippen LogP contribution in [0.25, 0.3) is 0 Å². The van der Waals surface area contributed by atoms with Gasteiger partial charge in [-0.25, -0.2) is 0 Å². The molecule has 1 aromatic carbocycles. The second-order valence-electron chi connectivity index (χ2n) is 8.24. The first-order valence-corrected chi connectivity index (χ1v) is 11.1. The summed E-state index contributed by atoms with van der Waals surface area (Å²) in [7, 11) is 0. The third kappa shape index (κ3) is 6.74. The number of benzene rings is 1. The number of rotatable bonds is 10. The molecular weight excluding hydrogens is 368 g/mol. The SMILES string of the molecule is O=C1CCc2cc(OCCCCC(=O)N(CCO)CC3CCCCC3)ccc2N1. The Bertz CT molecular complexity index is 685. The van der Waals surface area contributed by atoms with Crippen LogP contribution in [0.15, 0.2) is 18.2 Å². The second kappa shape index (κ2) is 11.2. The van der Waals surface area contributed by atoms with Gasteiger partial charge in [0.25, 0.3) is 0 Å². The van der Waals surface area contributed by atoms with E-state index in [9.17, 15) is 14.7 Å². The van der Waals surface area contributed by atoms with Crippen molar-refractivity contribution in [2.45, 2.75) is 64.2 Å². The maximum atomic E-state index is 12.6. The monoisotopic (exact) mass is 402 g/mol. The molecule has 1 aliphatic heterocycles. The summed E-state index contributed by atoms with van der Waals surface area (Å²) in [6.07, 6.45) is 9.60. The summed E-state index contributed by atoms with van der Waals surface area (Å²) in [6.45, 7) is 1.83. The van der Waals surface area contributed by atoms with E-state index in [2.05, 4.69) is 5.32 Å². The maximum Gasteiger partial charge on any atom is 0.224 e. The van der Waals surface area contributed by atoms with Gasteiger partial charge in [0, 0.05) is 31.6 Å². The highest BCUT2D eigenvalue weighted by molar-refractivity contribution is 5.94. The minimum absolute atomic E-state index is 0.0281. The van der Waals surface area contributed by atoms with Gasteiger partial charge < -0.3 is 20.1 Å². The number of fused-ring (bicyclic) bond motifs is 1. The molecule has 1 aromatic rings. The maximum absolute atomic E-state index is 12.6. The molecule has 1 heterocycles. The number of hydrogen-bond acceptors (Lipinski definition) is 4. The molecule has 6 nitrogen and oxygen atoms in total.